The Kier molecular flexibility index (Phi) is 4.70. The number of hydrazine groups is 1. The van der Waals surface area contributed by atoms with Gasteiger partial charge in [0.2, 0.25) is 0 Å². The largest absolute Gasteiger partial charge is 0.271 e. The second-order valence-corrected chi connectivity index (χ2v) is 5.23. The molecule has 1 atom stereocenters. The van der Waals surface area contributed by atoms with Crippen LogP contribution in [0, 0.1) is 17.5 Å². The van der Waals surface area contributed by atoms with Crippen LogP contribution >= 0.6 is 27.5 Å². The molecule has 0 fully saturated rings. The van der Waals surface area contributed by atoms with E-state index in [1.807, 2.05) is 0 Å². The summed E-state index contributed by atoms with van der Waals surface area (Å²) in [6.45, 7) is 0. The normalized spacial score (nSPS) is 12.5. The first-order valence-corrected chi connectivity index (χ1v) is 6.68. The van der Waals surface area contributed by atoms with Crippen molar-refractivity contribution in [2.24, 2.45) is 5.84 Å². The molecule has 2 aromatic carbocycles. The van der Waals surface area contributed by atoms with Crippen molar-refractivity contribution >= 4 is 27.5 Å². The van der Waals surface area contributed by atoms with Gasteiger partial charge in [0, 0.05) is 15.6 Å². The van der Waals surface area contributed by atoms with Gasteiger partial charge in [-0.1, -0.05) is 23.7 Å². The molecule has 0 saturated heterocycles. The predicted octanol–water partition coefficient (Wildman–Crippen LogP) is 4.07. The monoisotopic (exact) mass is 364 g/mol. The molecule has 0 heterocycles. The molecule has 0 radical (unpaired) electrons. The topological polar surface area (TPSA) is 38.0 Å². The predicted molar refractivity (Wildman–Crippen MR) is 74.6 cm³/mol. The zero-order valence-electron chi connectivity index (χ0n) is 9.93. The van der Waals surface area contributed by atoms with Crippen LogP contribution in [0.5, 0.6) is 0 Å². The molecule has 0 saturated carbocycles. The number of nitrogens with two attached hydrogens (primary N) is 1. The number of nitrogens with one attached hydrogen (secondary N) is 1. The highest BCUT2D eigenvalue weighted by Crippen LogP contribution is 2.34. The smallest absolute Gasteiger partial charge is 0.148 e. The average molecular weight is 366 g/mol. The summed E-state index contributed by atoms with van der Waals surface area (Å²) in [6.07, 6.45) is 0. The van der Waals surface area contributed by atoms with Gasteiger partial charge in [-0.05, 0) is 34.1 Å². The Morgan fingerprint density at radius 1 is 1.10 bits per heavy atom. The van der Waals surface area contributed by atoms with Crippen molar-refractivity contribution in [3.63, 3.8) is 0 Å². The summed E-state index contributed by atoms with van der Waals surface area (Å²) >= 11 is 8.84. The first-order chi connectivity index (χ1) is 9.47. The van der Waals surface area contributed by atoms with Gasteiger partial charge in [-0.25, -0.2) is 18.6 Å². The number of rotatable bonds is 3. The standard InChI is InChI=1S/C13H9BrClF3N2/c14-7-5-4-6(12(18)11(7)15)13(20-19)10-8(16)2-1-3-9(10)17/h1-5,13,20H,19H2. The molecule has 0 aliphatic heterocycles. The van der Waals surface area contributed by atoms with E-state index in [0.29, 0.717) is 4.47 Å². The lowest BCUT2D eigenvalue weighted by Gasteiger charge is -2.19. The molecule has 0 amide bonds. The fraction of sp³-hybridized carbons (Fsp3) is 0.0769. The Morgan fingerprint density at radius 3 is 2.25 bits per heavy atom. The van der Waals surface area contributed by atoms with E-state index in [0.717, 1.165) is 12.1 Å². The molecule has 0 bridgehead atoms. The van der Waals surface area contributed by atoms with Gasteiger partial charge < -0.3 is 0 Å². The van der Waals surface area contributed by atoms with E-state index in [1.54, 1.807) is 0 Å². The van der Waals surface area contributed by atoms with E-state index in [2.05, 4.69) is 21.4 Å². The summed E-state index contributed by atoms with van der Waals surface area (Å²) in [5.41, 5.74) is 1.79. The maximum Gasteiger partial charge on any atom is 0.148 e. The molecule has 1 unspecified atom stereocenters. The summed E-state index contributed by atoms with van der Waals surface area (Å²) < 4.78 is 42.1. The molecular weight excluding hydrogens is 357 g/mol. The van der Waals surface area contributed by atoms with Gasteiger partial charge in [-0.3, -0.25) is 5.84 Å². The molecule has 2 nitrogen and oxygen atoms in total. The molecule has 0 aliphatic carbocycles. The Morgan fingerprint density at radius 2 is 1.70 bits per heavy atom. The minimum Gasteiger partial charge on any atom is -0.271 e. The third kappa shape index (κ3) is 2.69. The highest BCUT2D eigenvalue weighted by molar-refractivity contribution is 9.10. The van der Waals surface area contributed by atoms with Gasteiger partial charge >= 0.3 is 0 Å². The van der Waals surface area contributed by atoms with Crippen LogP contribution in [-0.2, 0) is 0 Å². The first kappa shape index (κ1) is 15.3. The van der Waals surface area contributed by atoms with E-state index < -0.39 is 23.5 Å². The molecule has 0 aliphatic rings. The van der Waals surface area contributed by atoms with Crippen molar-refractivity contribution in [2.75, 3.05) is 0 Å². The molecule has 7 heteroatoms. The zero-order valence-corrected chi connectivity index (χ0v) is 12.3. The minimum atomic E-state index is -1.19. The third-order valence-electron chi connectivity index (χ3n) is 2.83. The summed E-state index contributed by atoms with van der Waals surface area (Å²) in [7, 11) is 0. The van der Waals surface area contributed by atoms with Gasteiger partial charge in [0.1, 0.15) is 17.5 Å². The van der Waals surface area contributed by atoms with Crippen molar-refractivity contribution in [2.45, 2.75) is 6.04 Å². The van der Waals surface area contributed by atoms with Gasteiger partial charge in [-0.2, -0.15) is 0 Å². The number of hydrogen-bond acceptors (Lipinski definition) is 2. The Bertz CT molecular complexity index is 632. The Labute approximate surface area is 126 Å². The fourth-order valence-corrected chi connectivity index (χ4v) is 2.36. The number of benzene rings is 2. The quantitative estimate of drug-likeness (QED) is 0.489. The number of hydrogen-bond donors (Lipinski definition) is 2. The maximum atomic E-state index is 14.1. The lowest BCUT2D eigenvalue weighted by atomic mass is 9.97. The van der Waals surface area contributed by atoms with Gasteiger partial charge in [-0.15, -0.1) is 0 Å². The first-order valence-electron chi connectivity index (χ1n) is 5.50. The molecule has 2 rings (SSSR count). The van der Waals surface area contributed by atoms with Crippen molar-refractivity contribution < 1.29 is 13.2 Å². The van der Waals surface area contributed by atoms with Crippen LogP contribution in [0.4, 0.5) is 13.2 Å². The number of halogens is 5. The molecule has 0 aromatic heterocycles. The second kappa shape index (κ2) is 6.13. The van der Waals surface area contributed by atoms with Crippen LogP contribution in [0.2, 0.25) is 5.02 Å². The average Bonchev–Trinajstić information content (AvgIpc) is 2.42. The van der Waals surface area contributed by atoms with Gasteiger partial charge in [0.25, 0.3) is 0 Å². The Hall–Kier alpha value is -1.08. The van der Waals surface area contributed by atoms with Crippen molar-refractivity contribution in [3.8, 4) is 0 Å². The van der Waals surface area contributed by atoms with E-state index >= 15 is 0 Å². The van der Waals surface area contributed by atoms with Gasteiger partial charge in [0.05, 0.1) is 11.1 Å². The zero-order chi connectivity index (χ0) is 14.9. The molecule has 106 valence electrons. The van der Waals surface area contributed by atoms with Crippen LogP contribution in [0.3, 0.4) is 0 Å². The van der Waals surface area contributed by atoms with E-state index in [9.17, 15) is 13.2 Å². The highest BCUT2D eigenvalue weighted by atomic mass is 79.9. The molecule has 3 N–H and O–H groups in total. The highest BCUT2D eigenvalue weighted by Gasteiger charge is 2.25. The Balaban J connectivity index is 2.62. The van der Waals surface area contributed by atoms with Crippen LogP contribution in [0.1, 0.15) is 17.2 Å². The van der Waals surface area contributed by atoms with Crippen molar-refractivity contribution in [3.05, 3.63) is 68.4 Å². The summed E-state index contributed by atoms with van der Waals surface area (Å²) in [5, 5.41) is -0.181. The van der Waals surface area contributed by atoms with Crippen LogP contribution in [0.25, 0.3) is 0 Å². The summed E-state index contributed by atoms with van der Waals surface area (Å²) in [6, 6.07) is 4.99. The third-order valence-corrected chi connectivity index (χ3v) is 4.09. The van der Waals surface area contributed by atoms with Crippen LogP contribution in [0.15, 0.2) is 34.8 Å². The van der Waals surface area contributed by atoms with E-state index in [4.69, 9.17) is 17.4 Å². The van der Waals surface area contributed by atoms with Crippen LogP contribution < -0.4 is 11.3 Å². The fourth-order valence-electron chi connectivity index (χ4n) is 1.88. The van der Waals surface area contributed by atoms with Crippen molar-refractivity contribution in [1.82, 2.24) is 5.43 Å². The molecule has 20 heavy (non-hydrogen) atoms. The lowest BCUT2D eigenvalue weighted by molar-refractivity contribution is 0.495. The molecule has 2 aromatic rings. The minimum absolute atomic E-state index is 0.0512. The lowest BCUT2D eigenvalue weighted by Crippen LogP contribution is -2.31. The second-order valence-electron chi connectivity index (χ2n) is 4.00. The molecular formula is C13H9BrClF3N2. The molecule has 0 spiro atoms. The van der Waals surface area contributed by atoms with E-state index in [-0.39, 0.29) is 16.1 Å². The van der Waals surface area contributed by atoms with Crippen LogP contribution in [-0.4, -0.2) is 0 Å². The van der Waals surface area contributed by atoms with Crippen molar-refractivity contribution in [1.29, 1.82) is 0 Å². The SMILES string of the molecule is NNC(c1ccc(Br)c(Cl)c1F)c1c(F)cccc1F. The van der Waals surface area contributed by atoms with Gasteiger partial charge in [0.15, 0.2) is 0 Å². The summed E-state index contributed by atoms with van der Waals surface area (Å²) in [4.78, 5) is 0. The maximum absolute atomic E-state index is 14.1. The summed E-state index contributed by atoms with van der Waals surface area (Å²) in [5.74, 6) is 2.87. The van der Waals surface area contributed by atoms with E-state index in [1.165, 1.54) is 18.2 Å².